The smallest absolute Gasteiger partial charge is 0.361 e. The van der Waals surface area contributed by atoms with Crippen LogP contribution >= 0.6 is 0 Å². The van der Waals surface area contributed by atoms with E-state index in [1.165, 1.54) is 0 Å². The second-order valence-electron chi connectivity index (χ2n) is 6.96. The van der Waals surface area contributed by atoms with E-state index in [1.807, 2.05) is 6.07 Å². The van der Waals surface area contributed by atoms with E-state index in [-0.39, 0.29) is 19.0 Å². The van der Waals surface area contributed by atoms with E-state index in [0.717, 1.165) is 21.8 Å². The molecule has 7 nitrogen and oxygen atoms in total. The van der Waals surface area contributed by atoms with Crippen LogP contribution in [0.25, 0.3) is 16.6 Å². The molecule has 0 aliphatic rings. The molecule has 164 valence electrons. The van der Waals surface area contributed by atoms with Gasteiger partial charge in [0.05, 0.1) is 11.3 Å². The molecule has 2 aromatic heterocycles. The first-order valence-corrected chi connectivity index (χ1v) is 9.69. The van der Waals surface area contributed by atoms with Crippen molar-refractivity contribution in [2.45, 2.75) is 6.18 Å². The van der Waals surface area contributed by atoms with Crippen molar-refractivity contribution >= 4 is 22.7 Å². The lowest BCUT2D eigenvalue weighted by Gasteiger charge is -2.08. The van der Waals surface area contributed by atoms with Gasteiger partial charge in [-0.05, 0) is 35.7 Å². The van der Waals surface area contributed by atoms with Crippen molar-refractivity contribution in [3.8, 4) is 5.69 Å². The first kappa shape index (κ1) is 21.2. The van der Waals surface area contributed by atoms with Gasteiger partial charge in [-0.1, -0.05) is 24.3 Å². The summed E-state index contributed by atoms with van der Waals surface area (Å²) in [7, 11) is 0. The van der Waals surface area contributed by atoms with E-state index >= 15 is 0 Å². The maximum atomic E-state index is 13.4. The van der Waals surface area contributed by atoms with Gasteiger partial charge in [-0.15, -0.1) is 0 Å². The average molecular weight is 441 g/mol. The Labute approximate surface area is 180 Å². The Hall–Kier alpha value is -4.08. The normalized spacial score (nSPS) is 11.5. The van der Waals surface area contributed by atoms with Crippen LogP contribution in [0.5, 0.6) is 0 Å². The number of fused-ring (bicyclic) bond motifs is 1. The highest BCUT2D eigenvalue weighted by atomic mass is 19.4. The second-order valence-corrected chi connectivity index (χ2v) is 6.96. The summed E-state index contributed by atoms with van der Waals surface area (Å²) in [6.07, 6.45) is -1.99. The molecule has 0 bridgehead atoms. The van der Waals surface area contributed by atoms with Gasteiger partial charge in [0.1, 0.15) is 0 Å². The maximum Gasteiger partial charge on any atom is 0.435 e. The molecule has 2 aromatic carbocycles. The summed E-state index contributed by atoms with van der Waals surface area (Å²) in [5, 5.41) is 9.53. The summed E-state index contributed by atoms with van der Waals surface area (Å²) in [5.41, 5.74) is -0.244. The molecule has 2 amide bonds. The third kappa shape index (κ3) is 4.48. The number of hydrogen-bond acceptors (Lipinski definition) is 3. The van der Waals surface area contributed by atoms with E-state index in [1.54, 1.807) is 54.7 Å². The Kier molecular flexibility index (Phi) is 5.67. The number of aromatic nitrogens is 3. The summed E-state index contributed by atoms with van der Waals surface area (Å²) in [5.74, 6) is -1.29. The first-order valence-electron chi connectivity index (χ1n) is 9.69. The Bertz CT molecular complexity index is 1260. The molecule has 0 fully saturated rings. The molecule has 0 aliphatic heterocycles. The standard InChI is InChI=1S/C22H18F3N5O2/c23-22(24,25)19-17(13-30(29-19)16-4-2-1-3-5-16)21(32)28-11-10-27-20(31)15-7-6-14-8-9-26-18(14)12-15/h1-9,12-13,26H,10-11H2,(H,27,31)(H,28,32). The van der Waals surface area contributed by atoms with Crippen molar-refractivity contribution in [1.82, 2.24) is 25.4 Å². The molecule has 0 aliphatic carbocycles. The number of para-hydroxylation sites is 1. The van der Waals surface area contributed by atoms with Gasteiger partial charge in [0.25, 0.3) is 11.8 Å². The van der Waals surface area contributed by atoms with E-state index in [0.29, 0.717) is 11.3 Å². The van der Waals surface area contributed by atoms with Crippen LogP contribution in [-0.2, 0) is 6.18 Å². The molecule has 0 unspecified atom stereocenters. The van der Waals surface area contributed by atoms with Gasteiger partial charge in [-0.3, -0.25) is 9.59 Å². The van der Waals surface area contributed by atoms with Gasteiger partial charge in [0, 0.05) is 36.6 Å². The van der Waals surface area contributed by atoms with E-state index in [9.17, 15) is 22.8 Å². The predicted octanol–water partition coefficient (Wildman–Crippen LogP) is 3.53. The molecule has 4 aromatic rings. The number of amides is 2. The number of carbonyl (C=O) groups excluding carboxylic acids is 2. The zero-order valence-corrected chi connectivity index (χ0v) is 16.6. The van der Waals surface area contributed by atoms with Crippen LogP contribution in [0.1, 0.15) is 26.4 Å². The minimum Gasteiger partial charge on any atom is -0.361 e. The molecule has 0 saturated carbocycles. The van der Waals surface area contributed by atoms with Gasteiger partial charge < -0.3 is 15.6 Å². The molecule has 10 heteroatoms. The van der Waals surface area contributed by atoms with Crippen molar-refractivity contribution in [2.24, 2.45) is 0 Å². The van der Waals surface area contributed by atoms with Crippen LogP contribution in [0.15, 0.2) is 67.0 Å². The number of halogens is 3. The van der Waals surface area contributed by atoms with Gasteiger partial charge in [0.15, 0.2) is 5.69 Å². The monoisotopic (exact) mass is 441 g/mol. The van der Waals surface area contributed by atoms with Crippen LogP contribution in [0.2, 0.25) is 0 Å². The van der Waals surface area contributed by atoms with Crippen LogP contribution < -0.4 is 10.6 Å². The quantitative estimate of drug-likeness (QED) is 0.400. The highest BCUT2D eigenvalue weighted by molar-refractivity contribution is 5.98. The molecule has 3 N–H and O–H groups in total. The molecule has 0 radical (unpaired) electrons. The fraction of sp³-hybridized carbons (Fsp3) is 0.136. The minimum absolute atomic E-state index is 0.0432. The fourth-order valence-electron chi connectivity index (χ4n) is 3.20. The summed E-state index contributed by atoms with van der Waals surface area (Å²) in [6, 6.07) is 15.2. The SMILES string of the molecule is O=C(NCCNC(=O)c1cn(-c2ccccc2)nc1C(F)(F)F)c1ccc2cc[nH]c2c1. The van der Waals surface area contributed by atoms with Crippen LogP contribution in [0, 0.1) is 0 Å². The van der Waals surface area contributed by atoms with Crippen molar-refractivity contribution < 1.29 is 22.8 Å². The van der Waals surface area contributed by atoms with Crippen LogP contribution in [0.3, 0.4) is 0 Å². The Balaban J connectivity index is 1.39. The van der Waals surface area contributed by atoms with Crippen molar-refractivity contribution in [1.29, 1.82) is 0 Å². The second kappa shape index (κ2) is 8.58. The van der Waals surface area contributed by atoms with Gasteiger partial charge in [0.2, 0.25) is 0 Å². The Morgan fingerprint density at radius 3 is 2.41 bits per heavy atom. The van der Waals surface area contributed by atoms with Crippen molar-refractivity contribution in [3.63, 3.8) is 0 Å². The van der Waals surface area contributed by atoms with Gasteiger partial charge in [-0.25, -0.2) is 4.68 Å². The highest BCUT2D eigenvalue weighted by Gasteiger charge is 2.39. The van der Waals surface area contributed by atoms with E-state index < -0.39 is 23.3 Å². The molecule has 4 rings (SSSR count). The highest BCUT2D eigenvalue weighted by Crippen LogP contribution is 2.31. The number of rotatable bonds is 6. The summed E-state index contributed by atoms with van der Waals surface area (Å²) in [4.78, 5) is 27.7. The van der Waals surface area contributed by atoms with Gasteiger partial charge in [-0.2, -0.15) is 18.3 Å². The molecular formula is C22H18F3N5O2. The molecule has 32 heavy (non-hydrogen) atoms. The van der Waals surface area contributed by atoms with Crippen molar-refractivity contribution in [2.75, 3.05) is 13.1 Å². The molecule has 0 atom stereocenters. The third-order valence-electron chi connectivity index (χ3n) is 4.76. The molecule has 2 heterocycles. The lowest BCUT2D eigenvalue weighted by atomic mass is 10.1. The lowest BCUT2D eigenvalue weighted by molar-refractivity contribution is -0.141. The van der Waals surface area contributed by atoms with Gasteiger partial charge >= 0.3 is 6.18 Å². The number of nitrogens with one attached hydrogen (secondary N) is 3. The number of alkyl halides is 3. The number of H-pyrrole nitrogens is 1. The summed E-state index contributed by atoms with van der Waals surface area (Å²) < 4.78 is 41.2. The molecular weight excluding hydrogens is 423 g/mol. The number of nitrogens with zero attached hydrogens (tertiary/aromatic N) is 2. The fourth-order valence-corrected chi connectivity index (χ4v) is 3.20. The maximum absolute atomic E-state index is 13.4. The third-order valence-corrected chi connectivity index (χ3v) is 4.76. The zero-order valence-electron chi connectivity index (χ0n) is 16.6. The average Bonchev–Trinajstić information content (AvgIpc) is 3.43. The largest absolute Gasteiger partial charge is 0.435 e. The van der Waals surface area contributed by atoms with E-state index in [4.69, 9.17) is 0 Å². The summed E-state index contributed by atoms with van der Waals surface area (Å²) >= 11 is 0. The molecule has 0 spiro atoms. The number of hydrogen-bond donors (Lipinski definition) is 3. The zero-order chi connectivity index (χ0) is 22.7. The van der Waals surface area contributed by atoms with Crippen molar-refractivity contribution in [3.05, 3.63) is 83.8 Å². The molecule has 0 saturated heterocycles. The van der Waals surface area contributed by atoms with E-state index in [2.05, 4.69) is 20.7 Å². The topological polar surface area (TPSA) is 91.8 Å². The van der Waals surface area contributed by atoms with Crippen LogP contribution in [0.4, 0.5) is 13.2 Å². The number of aromatic amines is 1. The summed E-state index contributed by atoms with van der Waals surface area (Å²) in [6.45, 7) is -0.00928. The predicted molar refractivity (Wildman–Crippen MR) is 112 cm³/mol. The van der Waals surface area contributed by atoms with Crippen LogP contribution in [-0.4, -0.2) is 39.7 Å². The minimum atomic E-state index is -4.79. The Morgan fingerprint density at radius 1 is 0.969 bits per heavy atom. The number of benzene rings is 2. The lowest BCUT2D eigenvalue weighted by Crippen LogP contribution is -2.35. The number of carbonyl (C=O) groups is 2. The first-order chi connectivity index (χ1) is 15.3. The Morgan fingerprint density at radius 2 is 1.69 bits per heavy atom.